The highest BCUT2D eigenvalue weighted by Crippen LogP contribution is 2.26. The van der Waals surface area contributed by atoms with E-state index >= 15 is 0 Å². The third kappa shape index (κ3) is 3.24. The fraction of sp³-hybridized carbons (Fsp3) is 0.625. The number of hydrogen-bond acceptors (Lipinski definition) is 4. The van der Waals surface area contributed by atoms with Gasteiger partial charge < -0.3 is 4.90 Å². The van der Waals surface area contributed by atoms with Crippen molar-refractivity contribution in [1.29, 1.82) is 0 Å². The van der Waals surface area contributed by atoms with Crippen LogP contribution in [0.15, 0.2) is 23.4 Å². The molecule has 1 aromatic rings. The number of nitrogens with zero attached hydrogens (tertiary/aromatic N) is 3. The lowest BCUT2D eigenvalue weighted by atomic mass is 9.91. The average Bonchev–Trinajstić information content (AvgIpc) is 2.71. The number of aromatic nitrogens is 1. The van der Waals surface area contributed by atoms with Gasteiger partial charge in [-0.05, 0) is 37.7 Å². The summed E-state index contributed by atoms with van der Waals surface area (Å²) >= 11 is 1.54. The summed E-state index contributed by atoms with van der Waals surface area (Å²) in [4.78, 5) is 21.6. The van der Waals surface area contributed by atoms with Crippen molar-refractivity contribution in [3.8, 4) is 0 Å². The summed E-state index contributed by atoms with van der Waals surface area (Å²) in [5, 5.41) is 0.836. The summed E-state index contributed by atoms with van der Waals surface area (Å²) in [5.41, 5.74) is 0.752. The Morgan fingerprint density at radius 1 is 1.24 bits per heavy atom. The number of carbonyl (C=O) groups excluding carboxylic acids is 1. The third-order valence-electron chi connectivity index (χ3n) is 4.60. The van der Waals surface area contributed by atoms with Crippen LogP contribution in [0.1, 0.15) is 36.0 Å². The van der Waals surface area contributed by atoms with Gasteiger partial charge in [0, 0.05) is 38.4 Å². The van der Waals surface area contributed by atoms with Crippen LogP contribution in [0.25, 0.3) is 0 Å². The first-order valence-corrected chi connectivity index (χ1v) is 9.04. The Morgan fingerprint density at radius 3 is 2.81 bits per heavy atom. The number of pyridine rings is 1. The lowest BCUT2D eigenvalue weighted by Crippen LogP contribution is -2.42. The van der Waals surface area contributed by atoms with E-state index in [9.17, 15) is 4.79 Å². The molecule has 0 spiro atoms. The highest BCUT2D eigenvalue weighted by atomic mass is 32.2. The summed E-state index contributed by atoms with van der Waals surface area (Å²) in [6, 6.07) is 4.53. The molecule has 1 amide bonds. The molecule has 2 heterocycles. The SMILES string of the molecule is CSc1ncccc1C(=O)N1CCCN(C2CCC2)CC1. The third-order valence-corrected chi connectivity index (χ3v) is 5.32. The van der Waals surface area contributed by atoms with E-state index in [4.69, 9.17) is 0 Å². The van der Waals surface area contributed by atoms with Crippen molar-refractivity contribution >= 4 is 17.7 Å². The molecule has 0 N–H and O–H groups in total. The fourth-order valence-corrected chi connectivity index (χ4v) is 3.69. The van der Waals surface area contributed by atoms with E-state index in [0.717, 1.165) is 49.2 Å². The minimum absolute atomic E-state index is 0.142. The van der Waals surface area contributed by atoms with Crippen LogP contribution in [-0.2, 0) is 0 Å². The molecule has 0 radical (unpaired) electrons. The van der Waals surface area contributed by atoms with Gasteiger partial charge in [-0.25, -0.2) is 4.98 Å². The van der Waals surface area contributed by atoms with Gasteiger partial charge in [-0.15, -0.1) is 11.8 Å². The Morgan fingerprint density at radius 2 is 2.10 bits per heavy atom. The van der Waals surface area contributed by atoms with Gasteiger partial charge in [0.05, 0.1) is 5.56 Å². The summed E-state index contributed by atoms with van der Waals surface area (Å²) in [7, 11) is 0. The smallest absolute Gasteiger partial charge is 0.256 e. The number of rotatable bonds is 3. The number of carbonyl (C=O) groups is 1. The maximum Gasteiger partial charge on any atom is 0.256 e. The molecule has 1 aromatic heterocycles. The molecule has 3 rings (SSSR count). The molecule has 4 nitrogen and oxygen atoms in total. The van der Waals surface area contributed by atoms with E-state index in [0.29, 0.717) is 0 Å². The standard InChI is InChI=1S/C16H23N3OS/c1-21-15-14(7-3-8-17-15)16(20)19-10-4-9-18(11-12-19)13-5-2-6-13/h3,7-8,13H,2,4-6,9-12H2,1H3. The van der Waals surface area contributed by atoms with Crippen LogP contribution >= 0.6 is 11.8 Å². The quantitative estimate of drug-likeness (QED) is 0.804. The lowest BCUT2D eigenvalue weighted by molar-refractivity contribution is 0.0745. The fourth-order valence-electron chi connectivity index (χ4n) is 3.14. The van der Waals surface area contributed by atoms with Crippen LogP contribution < -0.4 is 0 Å². The summed E-state index contributed by atoms with van der Waals surface area (Å²) in [6.07, 6.45) is 8.86. The molecule has 2 fully saturated rings. The lowest BCUT2D eigenvalue weighted by Gasteiger charge is -2.36. The highest BCUT2D eigenvalue weighted by Gasteiger charge is 2.28. The summed E-state index contributed by atoms with van der Waals surface area (Å²) < 4.78 is 0. The molecule has 114 valence electrons. The zero-order valence-corrected chi connectivity index (χ0v) is 13.4. The van der Waals surface area contributed by atoms with Crippen molar-refractivity contribution < 1.29 is 4.79 Å². The predicted molar refractivity (Wildman–Crippen MR) is 85.8 cm³/mol. The Balaban J connectivity index is 1.67. The number of hydrogen-bond donors (Lipinski definition) is 0. The Hall–Kier alpha value is -1.07. The monoisotopic (exact) mass is 305 g/mol. The molecule has 1 saturated carbocycles. The van der Waals surface area contributed by atoms with Crippen molar-refractivity contribution in [2.75, 3.05) is 32.4 Å². The van der Waals surface area contributed by atoms with Gasteiger partial charge in [-0.2, -0.15) is 0 Å². The summed E-state index contributed by atoms with van der Waals surface area (Å²) in [6.45, 7) is 3.87. The van der Waals surface area contributed by atoms with Crippen molar-refractivity contribution in [3.05, 3.63) is 23.9 Å². The highest BCUT2D eigenvalue weighted by molar-refractivity contribution is 7.98. The molecule has 0 aromatic carbocycles. The molecular formula is C16H23N3OS. The topological polar surface area (TPSA) is 36.4 Å². The van der Waals surface area contributed by atoms with Crippen molar-refractivity contribution in [1.82, 2.24) is 14.8 Å². The van der Waals surface area contributed by atoms with Crippen LogP contribution in [0.5, 0.6) is 0 Å². The molecular weight excluding hydrogens is 282 g/mol. The molecule has 0 unspecified atom stereocenters. The second kappa shape index (κ2) is 6.79. The first-order valence-electron chi connectivity index (χ1n) is 7.82. The summed E-state index contributed by atoms with van der Waals surface area (Å²) in [5.74, 6) is 0.142. The van der Waals surface area contributed by atoms with Crippen molar-refractivity contribution in [2.45, 2.75) is 36.8 Å². The molecule has 5 heteroatoms. The maximum atomic E-state index is 12.7. The molecule has 0 bridgehead atoms. The van der Waals surface area contributed by atoms with Gasteiger partial charge >= 0.3 is 0 Å². The first kappa shape index (κ1) is 14.9. The van der Waals surface area contributed by atoms with Gasteiger partial charge in [0.25, 0.3) is 5.91 Å². The largest absolute Gasteiger partial charge is 0.337 e. The van der Waals surface area contributed by atoms with Crippen molar-refractivity contribution in [2.24, 2.45) is 0 Å². The molecule has 1 saturated heterocycles. The van der Waals surface area contributed by atoms with Crippen LogP contribution in [0.2, 0.25) is 0 Å². The van der Waals surface area contributed by atoms with E-state index in [2.05, 4.69) is 9.88 Å². The zero-order valence-electron chi connectivity index (χ0n) is 12.6. The van der Waals surface area contributed by atoms with E-state index in [1.807, 2.05) is 23.3 Å². The average molecular weight is 305 g/mol. The molecule has 0 atom stereocenters. The molecule has 1 aliphatic heterocycles. The van der Waals surface area contributed by atoms with Gasteiger partial charge in [-0.3, -0.25) is 9.69 Å². The molecule has 2 aliphatic rings. The van der Waals surface area contributed by atoms with E-state index < -0.39 is 0 Å². The number of amides is 1. The Labute approximate surface area is 130 Å². The van der Waals surface area contributed by atoms with Crippen LogP contribution in [0.3, 0.4) is 0 Å². The Kier molecular flexibility index (Phi) is 4.80. The van der Waals surface area contributed by atoms with Gasteiger partial charge in [0.2, 0.25) is 0 Å². The van der Waals surface area contributed by atoms with E-state index in [1.54, 1.807) is 18.0 Å². The molecule has 1 aliphatic carbocycles. The zero-order chi connectivity index (χ0) is 14.7. The van der Waals surface area contributed by atoms with E-state index in [-0.39, 0.29) is 5.91 Å². The number of thioether (sulfide) groups is 1. The maximum absolute atomic E-state index is 12.7. The van der Waals surface area contributed by atoms with Crippen LogP contribution in [0.4, 0.5) is 0 Å². The minimum Gasteiger partial charge on any atom is -0.337 e. The predicted octanol–water partition coefficient (Wildman–Crippen LogP) is 2.50. The van der Waals surface area contributed by atoms with Gasteiger partial charge in [0.1, 0.15) is 5.03 Å². The van der Waals surface area contributed by atoms with Crippen LogP contribution in [-0.4, -0.2) is 59.2 Å². The van der Waals surface area contributed by atoms with E-state index in [1.165, 1.54) is 19.3 Å². The second-order valence-corrected chi connectivity index (χ2v) is 6.62. The van der Waals surface area contributed by atoms with Crippen LogP contribution in [0, 0.1) is 0 Å². The normalized spacial score (nSPS) is 20.9. The minimum atomic E-state index is 0.142. The van der Waals surface area contributed by atoms with Gasteiger partial charge in [-0.1, -0.05) is 6.42 Å². The van der Waals surface area contributed by atoms with Crippen molar-refractivity contribution in [3.63, 3.8) is 0 Å². The van der Waals surface area contributed by atoms with Gasteiger partial charge in [0.15, 0.2) is 0 Å². The Bertz CT molecular complexity index is 504. The second-order valence-electron chi connectivity index (χ2n) is 5.83. The first-order chi connectivity index (χ1) is 10.3. The molecule has 21 heavy (non-hydrogen) atoms.